The van der Waals surface area contributed by atoms with Gasteiger partial charge in [-0.1, -0.05) is 55.8 Å². The molecule has 0 spiro atoms. The van der Waals surface area contributed by atoms with Crippen LogP contribution in [0, 0.1) is 27.7 Å². The third-order valence-electron chi connectivity index (χ3n) is 7.66. The van der Waals surface area contributed by atoms with Crippen molar-refractivity contribution >= 4 is 39.1 Å². The molecular formula is C31H35ClN2O4S. The highest BCUT2D eigenvalue weighted by molar-refractivity contribution is 7.89. The summed E-state index contributed by atoms with van der Waals surface area (Å²) in [4.78, 5) is 28.3. The molecule has 1 heterocycles. The van der Waals surface area contributed by atoms with Crippen molar-refractivity contribution in [3.05, 3.63) is 93.0 Å². The second kappa shape index (κ2) is 11.2. The van der Waals surface area contributed by atoms with Crippen molar-refractivity contribution in [2.75, 3.05) is 11.4 Å². The fraction of sp³-hybridized carbons (Fsp3) is 0.355. The minimum absolute atomic E-state index is 0.0261. The Kier molecular flexibility index (Phi) is 8.36. The van der Waals surface area contributed by atoms with Gasteiger partial charge in [-0.25, -0.2) is 13.3 Å². The normalized spacial score (nSPS) is 16.1. The third kappa shape index (κ3) is 5.67. The topological polar surface area (TPSA) is 74.8 Å². The summed E-state index contributed by atoms with van der Waals surface area (Å²) in [7, 11) is -4.15. The maximum atomic E-state index is 14.4. The summed E-state index contributed by atoms with van der Waals surface area (Å²) in [6.45, 7) is 11.5. The van der Waals surface area contributed by atoms with Crippen molar-refractivity contribution in [1.82, 2.24) is 4.31 Å². The van der Waals surface area contributed by atoms with E-state index in [4.69, 9.17) is 11.6 Å². The summed E-state index contributed by atoms with van der Waals surface area (Å²) >= 11 is 6.17. The fourth-order valence-electron chi connectivity index (χ4n) is 5.18. The molecule has 39 heavy (non-hydrogen) atoms. The molecule has 0 radical (unpaired) electrons. The van der Waals surface area contributed by atoms with Crippen LogP contribution in [0.25, 0.3) is 0 Å². The van der Waals surface area contributed by atoms with E-state index >= 15 is 0 Å². The van der Waals surface area contributed by atoms with Crippen LogP contribution in [0.15, 0.2) is 59.5 Å². The third-order valence-corrected chi connectivity index (χ3v) is 10.1. The Morgan fingerprint density at radius 3 is 2.13 bits per heavy atom. The van der Waals surface area contributed by atoms with E-state index in [1.54, 1.807) is 38.1 Å². The van der Waals surface area contributed by atoms with E-state index in [1.165, 1.54) is 4.31 Å². The van der Waals surface area contributed by atoms with E-state index in [1.807, 2.05) is 44.2 Å². The summed E-state index contributed by atoms with van der Waals surface area (Å²) < 4.78 is 30.0. The molecule has 6 nitrogen and oxygen atoms in total. The quantitative estimate of drug-likeness (QED) is 0.301. The van der Waals surface area contributed by atoms with Crippen molar-refractivity contribution in [1.29, 1.82) is 0 Å². The van der Waals surface area contributed by atoms with Gasteiger partial charge in [-0.3, -0.25) is 9.59 Å². The zero-order valence-electron chi connectivity index (χ0n) is 23.3. The molecule has 1 fully saturated rings. The number of sulfonamides is 1. The number of aryl methyl sites for hydroxylation is 2. The van der Waals surface area contributed by atoms with E-state index in [9.17, 15) is 18.0 Å². The molecule has 0 saturated carbocycles. The lowest BCUT2D eigenvalue weighted by Crippen LogP contribution is -2.46. The monoisotopic (exact) mass is 566 g/mol. The van der Waals surface area contributed by atoms with Crippen molar-refractivity contribution < 1.29 is 18.0 Å². The van der Waals surface area contributed by atoms with Crippen LogP contribution in [-0.4, -0.2) is 37.1 Å². The van der Waals surface area contributed by atoms with Crippen molar-refractivity contribution in [3.63, 3.8) is 0 Å². The lowest BCUT2D eigenvalue weighted by molar-refractivity contribution is -0.122. The van der Waals surface area contributed by atoms with Crippen molar-refractivity contribution in [3.8, 4) is 0 Å². The molecule has 1 saturated heterocycles. The van der Waals surface area contributed by atoms with Gasteiger partial charge in [0.15, 0.2) is 0 Å². The predicted octanol–water partition coefficient (Wildman–Crippen LogP) is 6.26. The Labute approximate surface area is 236 Å². The SMILES string of the molecule is Cc1cc(C)c(C)c(S(=O)(=O)N(CCc2cccc(Cl)c2)C2CC(=O)N(c3ccc(C(C)C)cc3)C2=O)c1C. The smallest absolute Gasteiger partial charge is 0.252 e. The van der Waals surface area contributed by atoms with Gasteiger partial charge in [-0.15, -0.1) is 0 Å². The number of hydrogen-bond donors (Lipinski definition) is 0. The number of nitrogens with zero attached hydrogens (tertiary/aromatic N) is 2. The van der Waals surface area contributed by atoms with Crippen molar-refractivity contribution in [2.45, 2.75) is 71.2 Å². The average molecular weight is 567 g/mol. The van der Waals surface area contributed by atoms with Crippen LogP contribution >= 0.6 is 11.6 Å². The summed E-state index contributed by atoms with van der Waals surface area (Å²) in [6.07, 6.45) is 0.117. The predicted molar refractivity (Wildman–Crippen MR) is 156 cm³/mol. The van der Waals surface area contributed by atoms with Gasteiger partial charge >= 0.3 is 0 Å². The molecular weight excluding hydrogens is 532 g/mol. The van der Waals surface area contributed by atoms with Crippen LogP contribution in [0.3, 0.4) is 0 Å². The average Bonchev–Trinajstić information content (AvgIpc) is 3.16. The molecule has 1 atom stereocenters. The molecule has 0 aromatic heterocycles. The fourth-order valence-corrected chi connectivity index (χ4v) is 7.56. The Morgan fingerprint density at radius 1 is 0.949 bits per heavy atom. The zero-order valence-corrected chi connectivity index (χ0v) is 24.9. The highest BCUT2D eigenvalue weighted by Crippen LogP contribution is 2.34. The molecule has 1 unspecified atom stereocenters. The van der Waals surface area contributed by atoms with Gasteiger partial charge in [0.05, 0.1) is 17.0 Å². The molecule has 1 aliphatic rings. The van der Waals surface area contributed by atoms with Crippen LogP contribution in [-0.2, 0) is 26.0 Å². The second-order valence-corrected chi connectivity index (χ2v) is 12.9. The molecule has 0 N–H and O–H groups in total. The largest absolute Gasteiger partial charge is 0.274 e. The lowest BCUT2D eigenvalue weighted by Gasteiger charge is -2.29. The van der Waals surface area contributed by atoms with Gasteiger partial charge in [0.2, 0.25) is 15.9 Å². The van der Waals surface area contributed by atoms with Gasteiger partial charge in [0.1, 0.15) is 6.04 Å². The maximum Gasteiger partial charge on any atom is 0.252 e. The Morgan fingerprint density at radius 2 is 1.56 bits per heavy atom. The molecule has 0 bridgehead atoms. The first kappa shape index (κ1) is 29.0. The van der Waals surface area contributed by atoms with Gasteiger partial charge < -0.3 is 0 Å². The number of amides is 2. The highest BCUT2D eigenvalue weighted by atomic mass is 35.5. The number of halogens is 1. The first-order valence-corrected chi connectivity index (χ1v) is 14.9. The summed E-state index contributed by atoms with van der Waals surface area (Å²) in [6, 6.07) is 15.3. The van der Waals surface area contributed by atoms with Crippen LogP contribution < -0.4 is 4.90 Å². The minimum Gasteiger partial charge on any atom is -0.274 e. The molecule has 1 aliphatic heterocycles. The van der Waals surface area contributed by atoms with Crippen LogP contribution in [0.5, 0.6) is 0 Å². The van der Waals surface area contributed by atoms with Gasteiger partial charge in [0.25, 0.3) is 5.91 Å². The molecule has 206 valence electrons. The minimum atomic E-state index is -4.15. The summed E-state index contributed by atoms with van der Waals surface area (Å²) in [5.74, 6) is -0.654. The first-order chi connectivity index (χ1) is 18.3. The number of rotatable bonds is 8. The molecule has 8 heteroatoms. The Bertz CT molecular complexity index is 1500. The molecule has 2 amide bonds. The number of anilines is 1. The Hall–Kier alpha value is -3.00. The number of hydrogen-bond acceptors (Lipinski definition) is 4. The van der Waals surface area contributed by atoms with Crippen molar-refractivity contribution in [2.24, 2.45) is 0 Å². The van der Waals surface area contributed by atoms with Crippen LogP contribution in [0.1, 0.15) is 59.6 Å². The summed E-state index contributed by atoms with van der Waals surface area (Å²) in [5.41, 5.74) is 5.37. The van der Waals surface area contributed by atoms with Gasteiger partial charge in [-0.2, -0.15) is 4.31 Å². The lowest BCUT2D eigenvalue weighted by atomic mass is 10.0. The van der Waals surface area contributed by atoms with Crippen LogP contribution in [0.4, 0.5) is 5.69 Å². The number of benzene rings is 3. The van der Waals surface area contributed by atoms with E-state index in [0.717, 1.165) is 27.2 Å². The summed E-state index contributed by atoms with van der Waals surface area (Å²) in [5, 5.41) is 0.547. The molecule has 0 aliphatic carbocycles. The molecule has 3 aromatic carbocycles. The van der Waals surface area contributed by atoms with E-state index in [0.29, 0.717) is 34.2 Å². The first-order valence-electron chi connectivity index (χ1n) is 13.1. The zero-order chi connectivity index (χ0) is 28.6. The number of imide groups is 1. The van der Waals surface area contributed by atoms with Gasteiger partial charge in [0, 0.05) is 11.6 Å². The second-order valence-electron chi connectivity index (χ2n) is 10.6. The Balaban J connectivity index is 1.77. The maximum absolute atomic E-state index is 14.4. The number of carbonyl (C=O) groups is 2. The molecule has 3 aromatic rings. The van der Waals surface area contributed by atoms with Gasteiger partial charge in [-0.05, 0) is 97.7 Å². The number of carbonyl (C=O) groups excluding carboxylic acids is 2. The van der Waals surface area contributed by atoms with Crippen LogP contribution in [0.2, 0.25) is 5.02 Å². The molecule has 4 rings (SSSR count). The van der Waals surface area contributed by atoms with E-state index in [-0.39, 0.29) is 17.9 Å². The van der Waals surface area contributed by atoms with E-state index in [2.05, 4.69) is 13.8 Å². The standard InChI is InChI=1S/C31H35ClN2O4S/c1-19(2)25-10-12-27(13-11-25)34-29(35)18-28(31(34)36)33(15-14-24-8-7-9-26(32)17-24)39(37,38)30-22(5)20(3)16-21(4)23(30)6/h7-13,16-17,19,28H,14-15,18H2,1-6H3. The van der Waals surface area contributed by atoms with E-state index < -0.39 is 27.9 Å². The highest BCUT2D eigenvalue weighted by Gasteiger charge is 2.47.